The van der Waals surface area contributed by atoms with Gasteiger partial charge in [0.15, 0.2) is 15.0 Å². The van der Waals surface area contributed by atoms with Gasteiger partial charge in [0.1, 0.15) is 5.82 Å². The third kappa shape index (κ3) is 4.96. The smallest absolute Gasteiger partial charge is 0.230 e. The fourth-order valence-electron chi connectivity index (χ4n) is 4.45. The number of hydrogen-bond acceptors (Lipinski definition) is 7. The first kappa shape index (κ1) is 22.3. The Bertz CT molecular complexity index is 1080. The molecule has 2 unspecified atom stereocenters. The van der Waals surface area contributed by atoms with Crippen LogP contribution >= 0.6 is 11.8 Å². The van der Waals surface area contributed by atoms with E-state index in [2.05, 4.69) is 38.6 Å². The van der Waals surface area contributed by atoms with Crippen LogP contribution in [-0.2, 0) is 14.6 Å². The Hall–Kier alpha value is -1.91. The first-order valence-electron chi connectivity index (χ1n) is 10.6. The summed E-state index contributed by atoms with van der Waals surface area (Å²) in [6.45, 7) is 7.77. The van der Waals surface area contributed by atoms with Crippen LogP contribution in [0.2, 0.25) is 0 Å². The zero-order chi connectivity index (χ0) is 22.2. The number of amides is 1. The van der Waals surface area contributed by atoms with Gasteiger partial charge in [0.05, 0.1) is 29.0 Å². The summed E-state index contributed by atoms with van der Waals surface area (Å²) in [7, 11) is -3.13. The summed E-state index contributed by atoms with van der Waals surface area (Å²) in [4.78, 5) is 14.9. The fourth-order valence-corrected chi connectivity index (χ4v) is 7.21. The zero-order valence-electron chi connectivity index (χ0n) is 18.2. The van der Waals surface area contributed by atoms with Gasteiger partial charge in [0, 0.05) is 6.04 Å². The van der Waals surface area contributed by atoms with Crippen molar-refractivity contribution in [2.75, 3.05) is 30.3 Å². The van der Waals surface area contributed by atoms with Crippen molar-refractivity contribution >= 4 is 27.5 Å². The molecule has 2 saturated heterocycles. The largest absolute Gasteiger partial charge is 0.350 e. The van der Waals surface area contributed by atoms with Crippen LogP contribution in [0.4, 0.5) is 0 Å². The standard InChI is InChI=1S/C21H29N5O3S2/c1-14-6-7-15(2)18(10-14)26-16(3)23-24-21(26)30-11-20(27)22-17-12-31(28,29)13-19(17)25-8-4-5-9-25/h6-7,10,17,19H,4-5,8-9,11-13H2,1-3H3,(H,22,27). The quantitative estimate of drug-likeness (QED) is 0.651. The van der Waals surface area contributed by atoms with Crippen LogP contribution in [0.3, 0.4) is 0 Å². The van der Waals surface area contributed by atoms with E-state index in [9.17, 15) is 13.2 Å². The van der Waals surface area contributed by atoms with Crippen molar-refractivity contribution in [3.8, 4) is 5.69 Å². The minimum atomic E-state index is -3.13. The molecule has 1 aromatic heterocycles. The maximum atomic E-state index is 12.7. The number of likely N-dealkylation sites (tertiary alicyclic amines) is 1. The molecule has 8 nitrogen and oxygen atoms in total. The van der Waals surface area contributed by atoms with E-state index in [1.54, 1.807) is 0 Å². The highest BCUT2D eigenvalue weighted by molar-refractivity contribution is 7.99. The molecule has 1 aromatic carbocycles. The lowest BCUT2D eigenvalue weighted by Crippen LogP contribution is -2.50. The van der Waals surface area contributed by atoms with Gasteiger partial charge in [-0.2, -0.15) is 0 Å². The van der Waals surface area contributed by atoms with E-state index in [0.29, 0.717) is 5.16 Å². The van der Waals surface area contributed by atoms with Gasteiger partial charge in [0.2, 0.25) is 5.91 Å². The normalized spacial score (nSPS) is 23.3. The molecule has 0 spiro atoms. The van der Waals surface area contributed by atoms with Gasteiger partial charge < -0.3 is 5.32 Å². The summed E-state index contributed by atoms with van der Waals surface area (Å²) in [5.74, 6) is 0.886. The molecule has 31 heavy (non-hydrogen) atoms. The highest BCUT2D eigenvalue weighted by Crippen LogP contribution is 2.26. The van der Waals surface area contributed by atoms with E-state index in [1.807, 2.05) is 25.3 Å². The lowest BCUT2D eigenvalue weighted by atomic mass is 10.1. The number of benzene rings is 1. The summed E-state index contributed by atoms with van der Waals surface area (Å²) in [6, 6.07) is 5.73. The molecule has 3 heterocycles. The predicted octanol–water partition coefficient (Wildman–Crippen LogP) is 1.66. The SMILES string of the molecule is Cc1ccc(C)c(-n2c(C)nnc2SCC(=O)NC2CS(=O)(=O)CC2N2CCCC2)c1. The van der Waals surface area contributed by atoms with E-state index >= 15 is 0 Å². The van der Waals surface area contributed by atoms with E-state index in [1.165, 1.54) is 11.8 Å². The number of carbonyl (C=O) groups is 1. The molecule has 2 aliphatic heterocycles. The number of thioether (sulfide) groups is 1. The zero-order valence-corrected chi connectivity index (χ0v) is 19.8. The summed E-state index contributed by atoms with van der Waals surface area (Å²) >= 11 is 1.32. The van der Waals surface area contributed by atoms with Crippen molar-refractivity contribution in [3.63, 3.8) is 0 Å². The molecule has 0 saturated carbocycles. The third-order valence-electron chi connectivity index (χ3n) is 6.01. The van der Waals surface area contributed by atoms with Crippen molar-refractivity contribution in [1.29, 1.82) is 0 Å². The number of hydrogen-bond donors (Lipinski definition) is 1. The van der Waals surface area contributed by atoms with Crippen LogP contribution in [0, 0.1) is 20.8 Å². The summed E-state index contributed by atoms with van der Waals surface area (Å²) in [5, 5.41) is 12.1. The van der Waals surface area contributed by atoms with Gasteiger partial charge >= 0.3 is 0 Å². The molecular formula is C21H29N5O3S2. The van der Waals surface area contributed by atoms with Gasteiger partial charge in [-0.25, -0.2) is 8.42 Å². The second kappa shape index (κ2) is 8.91. The average molecular weight is 464 g/mol. The van der Waals surface area contributed by atoms with Crippen molar-refractivity contribution in [3.05, 3.63) is 35.2 Å². The van der Waals surface area contributed by atoms with E-state index in [4.69, 9.17) is 0 Å². The Morgan fingerprint density at radius 2 is 1.90 bits per heavy atom. The maximum Gasteiger partial charge on any atom is 0.230 e. The highest BCUT2D eigenvalue weighted by Gasteiger charge is 2.42. The minimum Gasteiger partial charge on any atom is -0.350 e. The minimum absolute atomic E-state index is 0.0162. The molecule has 1 N–H and O–H groups in total. The summed E-state index contributed by atoms with van der Waals surface area (Å²) in [6.07, 6.45) is 2.17. The second-order valence-corrected chi connectivity index (χ2v) is 11.6. The lowest BCUT2D eigenvalue weighted by Gasteiger charge is -2.28. The predicted molar refractivity (Wildman–Crippen MR) is 121 cm³/mol. The lowest BCUT2D eigenvalue weighted by molar-refractivity contribution is -0.119. The first-order chi connectivity index (χ1) is 14.7. The van der Waals surface area contributed by atoms with Crippen LogP contribution in [0.25, 0.3) is 5.69 Å². The molecule has 0 bridgehead atoms. The van der Waals surface area contributed by atoms with Crippen LogP contribution in [0.15, 0.2) is 23.4 Å². The molecule has 0 radical (unpaired) electrons. The number of aryl methyl sites for hydroxylation is 3. The number of rotatable bonds is 6. The first-order valence-corrected chi connectivity index (χ1v) is 13.4. The summed E-state index contributed by atoms with van der Waals surface area (Å²) in [5.41, 5.74) is 3.24. The number of nitrogens with zero attached hydrogens (tertiary/aromatic N) is 4. The molecule has 0 aliphatic carbocycles. The van der Waals surface area contributed by atoms with Gasteiger partial charge in [-0.1, -0.05) is 23.9 Å². The molecule has 1 amide bonds. The van der Waals surface area contributed by atoms with Crippen LogP contribution in [0.5, 0.6) is 0 Å². The van der Waals surface area contributed by atoms with Gasteiger partial charge in [-0.15, -0.1) is 10.2 Å². The van der Waals surface area contributed by atoms with Crippen LogP contribution in [0.1, 0.15) is 29.8 Å². The van der Waals surface area contributed by atoms with E-state index in [-0.39, 0.29) is 35.2 Å². The number of sulfone groups is 1. The third-order valence-corrected chi connectivity index (χ3v) is 8.66. The van der Waals surface area contributed by atoms with Gasteiger partial charge in [-0.05, 0) is 63.9 Å². The van der Waals surface area contributed by atoms with Crippen LogP contribution in [-0.4, -0.2) is 76.4 Å². The summed E-state index contributed by atoms with van der Waals surface area (Å²) < 4.78 is 26.4. The van der Waals surface area contributed by atoms with Crippen molar-refractivity contribution < 1.29 is 13.2 Å². The number of aromatic nitrogens is 3. The maximum absolute atomic E-state index is 12.7. The average Bonchev–Trinajstić information content (AvgIpc) is 3.41. The molecule has 2 aliphatic rings. The molecule has 2 aromatic rings. The monoisotopic (exact) mass is 463 g/mol. The number of carbonyl (C=O) groups excluding carboxylic acids is 1. The van der Waals surface area contributed by atoms with Crippen molar-refractivity contribution in [1.82, 2.24) is 25.0 Å². The second-order valence-electron chi connectivity index (χ2n) is 8.51. The van der Waals surface area contributed by atoms with Crippen LogP contribution < -0.4 is 5.32 Å². The highest BCUT2D eigenvalue weighted by atomic mass is 32.2. The Kier molecular flexibility index (Phi) is 6.41. The Labute approximate surface area is 187 Å². The molecule has 2 atom stereocenters. The van der Waals surface area contributed by atoms with Gasteiger partial charge in [-0.3, -0.25) is 14.3 Å². The fraction of sp³-hybridized carbons (Fsp3) is 0.571. The van der Waals surface area contributed by atoms with Gasteiger partial charge in [0.25, 0.3) is 0 Å². The van der Waals surface area contributed by atoms with Crippen molar-refractivity contribution in [2.45, 2.75) is 50.9 Å². The number of nitrogens with one attached hydrogen (secondary N) is 1. The molecular weight excluding hydrogens is 434 g/mol. The Balaban J connectivity index is 1.44. The molecule has 2 fully saturated rings. The molecule has 168 valence electrons. The van der Waals surface area contributed by atoms with Crippen molar-refractivity contribution in [2.24, 2.45) is 0 Å². The Morgan fingerprint density at radius 1 is 1.16 bits per heavy atom. The van der Waals surface area contributed by atoms with E-state index < -0.39 is 9.84 Å². The Morgan fingerprint density at radius 3 is 2.65 bits per heavy atom. The topological polar surface area (TPSA) is 97.2 Å². The molecule has 10 heteroatoms. The molecule has 4 rings (SSSR count). The van der Waals surface area contributed by atoms with E-state index in [0.717, 1.165) is 48.6 Å².